The molecule has 130 valence electrons. The summed E-state index contributed by atoms with van der Waals surface area (Å²) in [6.07, 6.45) is 2.00. The van der Waals surface area contributed by atoms with Crippen LogP contribution in [0.1, 0.15) is 35.1 Å². The maximum absolute atomic E-state index is 12.4. The van der Waals surface area contributed by atoms with Crippen LogP contribution in [0, 0.1) is 25.2 Å². The van der Waals surface area contributed by atoms with E-state index < -0.39 is 11.2 Å². The van der Waals surface area contributed by atoms with Gasteiger partial charge in [0.15, 0.2) is 5.56 Å². The van der Waals surface area contributed by atoms with Gasteiger partial charge in [0.25, 0.3) is 5.56 Å². The van der Waals surface area contributed by atoms with E-state index in [0.29, 0.717) is 12.4 Å². The minimum absolute atomic E-state index is 0.0281. The highest BCUT2D eigenvalue weighted by Gasteiger charge is 2.33. The highest BCUT2D eigenvalue weighted by molar-refractivity contribution is 5.55. The fourth-order valence-corrected chi connectivity index (χ4v) is 3.13. The molecule has 25 heavy (non-hydrogen) atoms. The Kier molecular flexibility index (Phi) is 4.25. The molecule has 0 unspecified atom stereocenters. The monoisotopic (exact) mass is 338 g/mol. The molecule has 1 aromatic carbocycles. The molecule has 3 rings (SSSR count). The number of hydrogen-bond acceptors (Lipinski definition) is 4. The predicted molar refractivity (Wildman–Crippen MR) is 96.8 cm³/mol. The van der Waals surface area contributed by atoms with E-state index in [1.165, 1.54) is 22.7 Å². The molecule has 6 nitrogen and oxygen atoms in total. The van der Waals surface area contributed by atoms with Crippen LogP contribution >= 0.6 is 0 Å². The van der Waals surface area contributed by atoms with Crippen LogP contribution in [0.15, 0.2) is 27.8 Å². The number of hydrogen-bond donors (Lipinski definition) is 0. The van der Waals surface area contributed by atoms with Crippen molar-refractivity contribution in [1.29, 1.82) is 5.26 Å². The van der Waals surface area contributed by atoms with Gasteiger partial charge in [0, 0.05) is 26.7 Å². The summed E-state index contributed by atoms with van der Waals surface area (Å²) in [5.41, 5.74) is 2.61. The lowest BCUT2D eigenvalue weighted by Gasteiger charge is -2.27. The lowest BCUT2D eigenvalue weighted by Crippen LogP contribution is -2.43. The van der Waals surface area contributed by atoms with Gasteiger partial charge in [0.05, 0.1) is 0 Å². The van der Waals surface area contributed by atoms with E-state index >= 15 is 0 Å². The first kappa shape index (κ1) is 17.0. The van der Waals surface area contributed by atoms with Crippen molar-refractivity contribution in [1.82, 2.24) is 9.13 Å². The van der Waals surface area contributed by atoms with E-state index in [4.69, 9.17) is 0 Å². The Hall–Kier alpha value is -2.81. The van der Waals surface area contributed by atoms with E-state index in [-0.39, 0.29) is 11.6 Å². The van der Waals surface area contributed by atoms with Crippen LogP contribution in [0.5, 0.6) is 0 Å². The van der Waals surface area contributed by atoms with Crippen molar-refractivity contribution >= 4 is 5.82 Å². The predicted octanol–water partition coefficient (Wildman–Crippen LogP) is 1.74. The third kappa shape index (κ3) is 2.98. The third-order valence-corrected chi connectivity index (χ3v) is 4.93. The molecule has 1 aliphatic rings. The van der Waals surface area contributed by atoms with Gasteiger partial charge in [-0.2, -0.15) is 5.26 Å². The van der Waals surface area contributed by atoms with Crippen LogP contribution in [0.25, 0.3) is 0 Å². The van der Waals surface area contributed by atoms with Crippen molar-refractivity contribution in [3.8, 4) is 6.07 Å². The van der Waals surface area contributed by atoms with Gasteiger partial charge in [-0.05, 0) is 43.4 Å². The van der Waals surface area contributed by atoms with E-state index in [1.54, 1.807) is 7.05 Å². The number of aromatic nitrogens is 2. The lowest BCUT2D eigenvalue weighted by molar-refractivity contribution is 0.648. The average molecular weight is 338 g/mol. The molecule has 0 spiro atoms. The van der Waals surface area contributed by atoms with Crippen LogP contribution in [0.2, 0.25) is 0 Å². The number of aryl methyl sites for hydroxylation is 2. The number of nitriles is 1. The normalized spacial score (nSPS) is 13.6. The van der Waals surface area contributed by atoms with Crippen molar-refractivity contribution < 1.29 is 0 Å². The highest BCUT2D eigenvalue weighted by atomic mass is 16.2. The minimum Gasteiger partial charge on any atom is -0.349 e. The van der Waals surface area contributed by atoms with E-state index in [0.717, 1.165) is 23.0 Å². The topological polar surface area (TPSA) is 71.0 Å². The van der Waals surface area contributed by atoms with Gasteiger partial charge < -0.3 is 4.90 Å². The molecule has 1 aromatic heterocycles. The SMILES string of the molecule is Cc1ccc(CN(c2c(C#N)c(=O)n(C)c(=O)n2C)C2CC2)cc1C. The van der Waals surface area contributed by atoms with Crippen molar-refractivity contribution in [2.24, 2.45) is 14.1 Å². The van der Waals surface area contributed by atoms with Crippen LogP contribution in [-0.2, 0) is 20.6 Å². The Balaban J connectivity index is 2.14. The Bertz CT molecular complexity index is 990. The molecule has 0 amide bonds. The molecule has 0 aliphatic heterocycles. The second-order valence-electron chi connectivity index (χ2n) is 6.79. The average Bonchev–Trinajstić information content (AvgIpc) is 3.42. The van der Waals surface area contributed by atoms with Crippen LogP contribution < -0.4 is 16.1 Å². The second-order valence-corrected chi connectivity index (χ2v) is 6.79. The van der Waals surface area contributed by atoms with E-state index in [1.807, 2.05) is 11.0 Å². The first-order chi connectivity index (χ1) is 11.8. The summed E-state index contributed by atoms with van der Waals surface area (Å²) in [7, 11) is 3.02. The molecule has 6 heteroatoms. The van der Waals surface area contributed by atoms with Gasteiger partial charge in [-0.1, -0.05) is 18.2 Å². The van der Waals surface area contributed by atoms with Gasteiger partial charge >= 0.3 is 5.69 Å². The minimum atomic E-state index is -0.536. The van der Waals surface area contributed by atoms with Crippen LogP contribution in [-0.4, -0.2) is 15.2 Å². The molecule has 0 atom stereocenters. The summed E-state index contributed by atoms with van der Waals surface area (Å²) in [5, 5.41) is 9.53. The zero-order valence-electron chi connectivity index (χ0n) is 15.0. The highest BCUT2D eigenvalue weighted by Crippen LogP contribution is 2.33. The molecule has 0 saturated heterocycles. The molecule has 1 fully saturated rings. The lowest BCUT2D eigenvalue weighted by atomic mass is 10.1. The fraction of sp³-hybridized carbons (Fsp3) is 0.421. The number of anilines is 1. The summed E-state index contributed by atoms with van der Waals surface area (Å²) in [4.78, 5) is 26.8. The number of nitrogens with zero attached hydrogens (tertiary/aromatic N) is 4. The Morgan fingerprint density at radius 1 is 1.16 bits per heavy atom. The van der Waals surface area contributed by atoms with Gasteiger partial charge in [-0.25, -0.2) is 4.79 Å². The molecule has 1 heterocycles. The van der Waals surface area contributed by atoms with E-state index in [9.17, 15) is 14.9 Å². The summed E-state index contributed by atoms with van der Waals surface area (Å²) >= 11 is 0. The third-order valence-electron chi connectivity index (χ3n) is 4.93. The number of benzene rings is 1. The second kappa shape index (κ2) is 6.25. The standard InChI is InChI=1S/C19H22N4O2/c1-12-5-6-14(9-13(12)2)11-23(15-7-8-15)17-16(10-20)18(24)22(4)19(25)21(17)3/h5-6,9,15H,7-8,11H2,1-4H3. The van der Waals surface area contributed by atoms with Gasteiger partial charge in [0.2, 0.25) is 0 Å². The fourth-order valence-electron chi connectivity index (χ4n) is 3.13. The van der Waals surface area contributed by atoms with Crippen molar-refractivity contribution in [2.45, 2.75) is 39.3 Å². The molecule has 0 bridgehead atoms. The van der Waals surface area contributed by atoms with Gasteiger partial charge in [0.1, 0.15) is 11.9 Å². The first-order valence-electron chi connectivity index (χ1n) is 8.38. The number of rotatable bonds is 4. The molecule has 0 radical (unpaired) electrons. The Labute approximate surface area is 146 Å². The molecular weight excluding hydrogens is 316 g/mol. The van der Waals surface area contributed by atoms with Crippen molar-refractivity contribution in [3.63, 3.8) is 0 Å². The van der Waals surface area contributed by atoms with Gasteiger partial charge in [-0.15, -0.1) is 0 Å². The molecule has 1 saturated carbocycles. The van der Waals surface area contributed by atoms with Crippen molar-refractivity contribution in [2.75, 3.05) is 4.90 Å². The zero-order chi connectivity index (χ0) is 18.3. The summed E-state index contributed by atoms with van der Waals surface area (Å²) in [5.74, 6) is 0.427. The molecule has 2 aromatic rings. The molecular formula is C19H22N4O2. The first-order valence-corrected chi connectivity index (χ1v) is 8.38. The molecule has 1 aliphatic carbocycles. The maximum Gasteiger partial charge on any atom is 0.332 e. The smallest absolute Gasteiger partial charge is 0.332 e. The van der Waals surface area contributed by atoms with Crippen molar-refractivity contribution in [3.05, 3.63) is 61.3 Å². The molecule has 0 N–H and O–H groups in total. The van der Waals surface area contributed by atoms with Crippen LogP contribution in [0.3, 0.4) is 0 Å². The summed E-state index contributed by atoms with van der Waals surface area (Å²) in [6.45, 7) is 4.70. The Morgan fingerprint density at radius 3 is 2.40 bits per heavy atom. The maximum atomic E-state index is 12.4. The van der Waals surface area contributed by atoms with E-state index in [2.05, 4.69) is 32.0 Å². The summed E-state index contributed by atoms with van der Waals surface area (Å²) < 4.78 is 2.41. The quantitative estimate of drug-likeness (QED) is 0.851. The zero-order valence-corrected chi connectivity index (χ0v) is 15.0. The largest absolute Gasteiger partial charge is 0.349 e. The Morgan fingerprint density at radius 2 is 1.84 bits per heavy atom. The van der Waals surface area contributed by atoms with Crippen LogP contribution in [0.4, 0.5) is 5.82 Å². The van der Waals surface area contributed by atoms with Gasteiger partial charge in [-0.3, -0.25) is 13.9 Å². The summed E-state index contributed by atoms with van der Waals surface area (Å²) in [6, 6.07) is 8.52.